The van der Waals surface area contributed by atoms with Gasteiger partial charge in [0.15, 0.2) is 0 Å². The van der Waals surface area contributed by atoms with Gasteiger partial charge in [0.1, 0.15) is 5.82 Å². The predicted octanol–water partition coefficient (Wildman–Crippen LogP) is 1.76. The van der Waals surface area contributed by atoms with Crippen LogP contribution in [0.2, 0.25) is 0 Å². The summed E-state index contributed by atoms with van der Waals surface area (Å²) in [5, 5.41) is 2.74. The topological polar surface area (TPSA) is 51.2 Å². The molecule has 0 spiro atoms. The first-order valence-electron chi connectivity index (χ1n) is 4.95. The highest BCUT2D eigenvalue weighted by Crippen LogP contribution is 2.04. The lowest BCUT2D eigenvalue weighted by Crippen LogP contribution is -2.13. The van der Waals surface area contributed by atoms with E-state index in [9.17, 15) is 4.79 Å². The fourth-order valence-electron chi connectivity index (χ4n) is 1.20. The molecule has 1 amide bonds. The second-order valence-electron chi connectivity index (χ2n) is 3.31. The van der Waals surface area contributed by atoms with Crippen molar-refractivity contribution in [2.45, 2.75) is 19.8 Å². The van der Waals surface area contributed by atoms with Crippen LogP contribution in [0.1, 0.15) is 18.5 Å². The van der Waals surface area contributed by atoms with Crippen molar-refractivity contribution in [2.24, 2.45) is 0 Å². The number of aryl methyl sites for hydroxylation is 1. The normalized spacial score (nSPS) is 10.0. The summed E-state index contributed by atoms with van der Waals surface area (Å²) < 4.78 is 4.87. The number of anilines is 1. The van der Waals surface area contributed by atoms with Gasteiger partial charge >= 0.3 is 0 Å². The Balaban J connectivity index is 2.37. The van der Waals surface area contributed by atoms with E-state index < -0.39 is 0 Å². The molecule has 0 aliphatic carbocycles. The number of amides is 1. The first-order valence-corrected chi connectivity index (χ1v) is 4.95. The first-order chi connectivity index (χ1) is 7.22. The molecule has 0 saturated carbocycles. The van der Waals surface area contributed by atoms with Gasteiger partial charge in [-0.15, -0.1) is 0 Å². The molecule has 1 aromatic rings. The highest BCUT2D eigenvalue weighted by atomic mass is 16.5. The maximum Gasteiger partial charge on any atom is 0.225 e. The molecule has 0 bridgehead atoms. The second kappa shape index (κ2) is 6.14. The Morgan fingerprint density at radius 1 is 1.53 bits per heavy atom. The maximum absolute atomic E-state index is 11.4. The molecule has 0 saturated heterocycles. The van der Waals surface area contributed by atoms with Crippen molar-refractivity contribution in [1.29, 1.82) is 0 Å². The van der Waals surface area contributed by atoms with Crippen LogP contribution in [-0.4, -0.2) is 24.6 Å². The van der Waals surface area contributed by atoms with Crippen molar-refractivity contribution in [3.63, 3.8) is 0 Å². The highest BCUT2D eigenvalue weighted by molar-refractivity contribution is 5.89. The number of nitrogens with one attached hydrogen (secondary N) is 1. The predicted molar refractivity (Wildman–Crippen MR) is 58.7 cm³/mol. The van der Waals surface area contributed by atoms with Crippen LogP contribution >= 0.6 is 0 Å². The molecule has 0 aromatic carbocycles. The molecule has 0 aliphatic heterocycles. The number of hydrogen-bond donors (Lipinski definition) is 1. The monoisotopic (exact) mass is 208 g/mol. The molecular weight excluding hydrogens is 192 g/mol. The van der Waals surface area contributed by atoms with Gasteiger partial charge in [0.2, 0.25) is 5.91 Å². The van der Waals surface area contributed by atoms with E-state index in [4.69, 9.17) is 4.74 Å². The van der Waals surface area contributed by atoms with Gasteiger partial charge in [0.25, 0.3) is 0 Å². The Hall–Kier alpha value is -1.42. The molecule has 4 heteroatoms. The average molecular weight is 208 g/mol. The number of carbonyl (C=O) groups is 1. The van der Waals surface area contributed by atoms with Crippen molar-refractivity contribution in [3.8, 4) is 0 Å². The van der Waals surface area contributed by atoms with Gasteiger partial charge < -0.3 is 10.1 Å². The number of hydrogen-bond acceptors (Lipinski definition) is 3. The zero-order chi connectivity index (χ0) is 11.1. The van der Waals surface area contributed by atoms with Gasteiger partial charge in [-0.25, -0.2) is 4.98 Å². The van der Waals surface area contributed by atoms with Crippen LogP contribution in [0.3, 0.4) is 0 Å². The molecule has 1 rings (SSSR count). The van der Waals surface area contributed by atoms with Crippen LogP contribution in [0.15, 0.2) is 18.2 Å². The third kappa shape index (κ3) is 4.56. The Kier molecular flexibility index (Phi) is 4.77. The molecule has 1 aromatic heterocycles. The largest absolute Gasteiger partial charge is 0.385 e. The van der Waals surface area contributed by atoms with Crippen LogP contribution in [0.25, 0.3) is 0 Å². The minimum Gasteiger partial charge on any atom is -0.385 e. The molecule has 82 valence electrons. The van der Waals surface area contributed by atoms with Crippen LogP contribution in [0.5, 0.6) is 0 Å². The zero-order valence-electron chi connectivity index (χ0n) is 9.12. The number of carbonyl (C=O) groups excluding carboxylic acids is 1. The number of pyridine rings is 1. The lowest BCUT2D eigenvalue weighted by atomic mass is 10.3. The van der Waals surface area contributed by atoms with Gasteiger partial charge in [0.05, 0.1) is 0 Å². The average Bonchev–Trinajstić information content (AvgIpc) is 2.18. The summed E-state index contributed by atoms with van der Waals surface area (Å²) in [6.45, 7) is 2.50. The lowest BCUT2D eigenvalue weighted by Gasteiger charge is -2.04. The molecule has 1 heterocycles. The number of ether oxygens (including phenoxy) is 1. The zero-order valence-corrected chi connectivity index (χ0v) is 9.12. The van der Waals surface area contributed by atoms with Gasteiger partial charge in [0, 0.05) is 25.8 Å². The molecule has 0 aliphatic rings. The highest BCUT2D eigenvalue weighted by Gasteiger charge is 2.02. The van der Waals surface area contributed by atoms with Crippen molar-refractivity contribution < 1.29 is 9.53 Å². The van der Waals surface area contributed by atoms with Crippen molar-refractivity contribution in [2.75, 3.05) is 19.0 Å². The fraction of sp³-hybridized carbons (Fsp3) is 0.455. The summed E-state index contributed by atoms with van der Waals surface area (Å²) in [6, 6.07) is 5.54. The third-order valence-corrected chi connectivity index (χ3v) is 1.91. The number of aromatic nitrogens is 1. The van der Waals surface area contributed by atoms with E-state index in [1.54, 1.807) is 13.2 Å². The number of nitrogens with zero attached hydrogens (tertiary/aromatic N) is 1. The van der Waals surface area contributed by atoms with Crippen LogP contribution in [-0.2, 0) is 9.53 Å². The van der Waals surface area contributed by atoms with E-state index in [1.807, 2.05) is 19.1 Å². The van der Waals surface area contributed by atoms with E-state index in [0.29, 0.717) is 18.8 Å². The second-order valence-corrected chi connectivity index (χ2v) is 3.31. The van der Waals surface area contributed by atoms with Crippen molar-refractivity contribution >= 4 is 11.7 Å². The molecule has 15 heavy (non-hydrogen) atoms. The van der Waals surface area contributed by atoms with Gasteiger partial charge in [-0.3, -0.25) is 4.79 Å². The molecule has 0 unspecified atom stereocenters. The summed E-state index contributed by atoms with van der Waals surface area (Å²) in [5.41, 5.74) is 0.893. The minimum atomic E-state index is -0.0230. The lowest BCUT2D eigenvalue weighted by molar-refractivity contribution is -0.116. The summed E-state index contributed by atoms with van der Waals surface area (Å²) in [4.78, 5) is 15.6. The summed E-state index contributed by atoms with van der Waals surface area (Å²) in [6.07, 6.45) is 1.19. The Bertz CT molecular complexity index is 326. The summed E-state index contributed by atoms with van der Waals surface area (Å²) in [5.74, 6) is 0.586. The number of methoxy groups -OCH3 is 1. The first kappa shape index (κ1) is 11.7. The summed E-state index contributed by atoms with van der Waals surface area (Å²) in [7, 11) is 1.63. The van der Waals surface area contributed by atoms with Crippen molar-refractivity contribution in [1.82, 2.24) is 4.98 Å². The molecule has 0 radical (unpaired) electrons. The van der Waals surface area contributed by atoms with Gasteiger partial charge in [-0.2, -0.15) is 0 Å². The van der Waals surface area contributed by atoms with Crippen LogP contribution in [0, 0.1) is 6.92 Å². The molecule has 1 N–H and O–H groups in total. The SMILES string of the molecule is COCCCC(=O)Nc1cccc(C)n1. The Morgan fingerprint density at radius 2 is 2.33 bits per heavy atom. The molecule has 0 atom stereocenters. The van der Waals surface area contributed by atoms with Crippen molar-refractivity contribution in [3.05, 3.63) is 23.9 Å². The van der Waals surface area contributed by atoms with Crippen LogP contribution in [0.4, 0.5) is 5.82 Å². The smallest absolute Gasteiger partial charge is 0.225 e. The Morgan fingerprint density at radius 3 is 3.00 bits per heavy atom. The van der Waals surface area contributed by atoms with E-state index in [0.717, 1.165) is 12.1 Å². The van der Waals surface area contributed by atoms with Gasteiger partial charge in [-0.05, 0) is 25.5 Å². The molecule has 4 nitrogen and oxygen atoms in total. The standard InChI is InChI=1S/C11H16N2O2/c1-9-5-3-6-10(12-9)13-11(14)7-4-8-15-2/h3,5-6H,4,7-8H2,1-2H3,(H,12,13,14). The molecular formula is C11H16N2O2. The van der Waals surface area contributed by atoms with E-state index in [-0.39, 0.29) is 5.91 Å². The van der Waals surface area contributed by atoms with Crippen LogP contribution < -0.4 is 5.32 Å². The van der Waals surface area contributed by atoms with Gasteiger partial charge in [-0.1, -0.05) is 6.07 Å². The van der Waals surface area contributed by atoms with E-state index >= 15 is 0 Å². The fourth-order valence-corrected chi connectivity index (χ4v) is 1.20. The third-order valence-electron chi connectivity index (χ3n) is 1.91. The Labute approximate surface area is 89.7 Å². The minimum absolute atomic E-state index is 0.0230. The summed E-state index contributed by atoms with van der Waals surface area (Å²) >= 11 is 0. The van der Waals surface area contributed by atoms with E-state index in [1.165, 1.54) is 0 Å². The maximum atomic E-state index is 11.4. The quantitative estimate of drug-likeness (QED) is 0.750. The molecule has 0 fully saturated rings. The van der Waals surface area contributed by atoms with E-state index in [2.05, 4.69) is 10.3 Å². The number of rotatable bonds is 5.